The van der Waals surface area contributed by atoms with E-state index in [1.165, 1.54) is 11.1 Å². The first-order chi connectivity index (χ1) is 15.7. The number of carbonyl (C=O) groups is 1. The lowest BCUT2D eigenvalue weighted by atomic mass is 9.95. The molecule has 2 heterocycles. The van der Waals surface area contributed by atoms with E-state index in [1.54, 1.807) is 31.2 Å². The maximum absolute atomic E-state index is 12.8. The first-order valence-electron chi connectivity index (χ1n) is 11.1. The van der Waals surface area contributed by atoms with Crippen molar-refractivity contribution in [1.29, 1.82) is 0 Å². The van der Waals surface area contributed by atoms with Crippen molar-refractivity contribution < 1.29 is 13.2 Å². The van der Waals surface area contributed by atoms with Gasteiger partial charge in [0.15, 0.2) is 0 Å². The van der Waals surface area contributed by atoms with Crippen LogP contribution in [0.5, 0.6) is 0 Å². The van der Waals surface area contributed by atoms with Gasteiger partial charge in [0.25, 0.3) is 10.0 Å². The summed E-state index contributed by atoms with van der Waals surface area (Å²) in [6.45, 7) is 5.65. The maximum atomic E-state index is 12.8. The van der Waals surface area contributed by atoms with Gasteiger partial charge in [-0.15, -0.1) is 4.40 Å². The molecule has 1 amide bonds. The summed E-state index contributed by atoms with van der Waals surface area (Å²) >= 11 is 5.95. The van der Waals surface area contributed by atoms with Gasteiger partial charge in [-0.1, -0.05) is 53.6 Å². The van der Waals surface area contributed by atoms with Crippen LogP contribution in [0.15, 0.2) is 58.5 Å². The first kappa shape index (κ1) is 23.5. The van der Waals surface area contributed by atoms with Gasteiger partial charge in [0.1, 0.15) is 10.7 Å². The number of hydrogen-bond donors (Lipinski definition) is 1. The van der Waals surface area contributed by atoms with Crippen molar-refractivity contribution in [2.45, 2.75) is 33.1 Å². The fraction of sp³-hybridized carbons (Fsp3) is 0.360. The second kappa shape index (κ2) is 9.69. The number of carbonyl (C=O) groups excluding carboxylic acids is 1. The number of rotatable bonds is 5. The van der Waals surface area contributed by atoms with Crippen LogP contribution >= 0.6 is 11.6 Å². The molecule has 0 aliphatic carbocycles. The zero-order chi connectivity index (χ0) is 23.6. The molecule has 0 radical (unpaired) electrons. The average Bonchev–Trinajstić information content (AvgIpc) is 3.03. The van der Waals surface area contributed by atoms with Crippen molar-refractivity contribution in [3.05, 3.63) is 75.8 Å². The lowest BCUT2D eigenvalue weighted by Gasteiger charge is -2.32. The lowest BCUT2D eigenvalue weighted by molar-refractivity contribution is -0.126. The topological polar surface area (TPSA) is 78.8 Å². The van der Waals surface area contributed by atoms with Crippen LogP contribution in [0.4, 0.5) is 0 Å². The molecule has 2 aromatic rings. The summed E-state index contributed by atoms with van der Waals surface area (Å²) in [5, 5.41) is 3.60. The van der Waals surface area contributed by atoms with E-state index in [0.29, 0.717) is 54.5 Å². The fourth-order valence-corrected chi connectivity index (χ4v) is 6.09. The number of amides is 1. The number of nitrogens with one attached hydrogen (secondary N) is 1. The molecule has 1 fully saturated rings. The SMILES string of the molecule is CC1=C(c2ccc(Cl)cc2)S(=O)(=O)N=C1N1CCC(C(=O)NCCc2cccc(C)c2)CC1. The zero-order valence-corrected chi connectivity index (χ0v) is 20.4. The van der Waals surface area contributed by atoms with Crippen molar-refractivity contribution in [2.24, 2.45) is 10.3 Å². The van der Waals surface area contributed by atoms with Crippen molar-refractivity contribution in [3.8, 4) is 0 Å². The molecule has 0 spiro atoms. The highest BCUT2D eigenvalue weighted by Gasteiger charge is 2.35. The Morgan fingerprint density at radius 2 is 1.82 bits per heavy atom. The van der Waals surface area contributed by atoms with Crippen LogP contribution in [0, 0.1) is 12.8 Å². The normalized spacial score (nSPS) is 18.4. The molecule has 0 atom stereocenters. The van der Waals surface area contributed by atoms with Crippen molar-refractivity contribution >= 4 is 38.3 Å². The van der Waals surface area contributed by atoms with Crippen molar-refractivity contribution in [1.82, 2.24) is 10.2 Å². The highest BCUT2D eigenvalue weighted by atomic mass is 35.5. The number of piperidine rings is 1. The Morgan fingerprint density at radius 1 is 1.12 bits per heavy atom. The molecule has 6 nitrogen and oxygen atoms in total. The second-order valence-corrected chi connectivity index (χ2v) is 10.6. The van der Waals surface area contributed by atoms with Crippen molar-refractivity contribution in [3.63, 3.8) is 0 Å². The minimum atomic E-state index is -3.77. The molecule has 4 rings (SSSR count). The number of amidine groups is 1. The number of halogens is 1. The molecule has 0 aromatic heterocycles. The largest absolute Gasteiger partial charge is 0.356 e. The summed E-state index contributed by atoms with van der Waals surface area (Å²) in [5.41, 5.74) is 3.65. The van der Waals surface area contributed by atoms with E-state index >= 15 is 0 Å². The predicted molar refractivity (Wildman–Crippen MR) is 133 cm³/mol. The number of benzene rings is 2. The smallest absolute Gasteiger partial charge is 0.285 e. The minimum absolute atomic E-state index is 0.0670. The summed E-state index contributed by atoms with van der Waals surface area (Å²) in [6, 6.07) is 15.0. The highest BCUT2D eigenvalue weighted by molar-refractivity contribution is 8.00. The van der Waals surface area contributed by atoms with Gasteiger partial charge in [-0.3, -0.25) is 4.79 Å². The van der Waals surface area contributed by atoms with Gasteiger partial charge in [-0.05, 0) is 56.4 Å². The number of nitrogens with zero attached hydrogens (tertiary/aromatic N) is 2. The van der Waals surface area contributed by atoms with E-state index in [-0.39, 0.29) is 16.7 Å². The molecule has 0 bridgehead atoms. The van der Waals surface area contributed by atoms with E-state index in [1.807, 2.05) is 11.0 Å². The Labute approximate surface area is 200 Å². The molecule has 2 aromatic carbocycles. The highest BCUT2D eigenvalue weighted by Crippen LogP contribution is 2.35. The lowest BCUT2D eigenvalue weighted by Crippen LogP contribution is -2.43. The Bertz CT molecular complexity index is 1210. The summed E-state index contributed by atoms with van der Waals surface area (Å²) in [4.78, 5) is 14.8. The molecule has 33 heavy (non-hydrogen) atoms. The predicted octanol–water partition coefficient (Wildman–Crippen LogP) is 4.19. The molecule has 174 valence electrons. The van der Waals surface area contributed by atoms with Crippen LogP contribution in [0.2, 0.25) is 5.02 Å². The second-order valence-electron chi connectivity index (χ2n) is 8.64. The van der Waals surface area contributed by atoms with Gasteiger partial charge in [-0.2, -0.15) is 8.42 Å². The Morgan fingerprint density at radius 3 is 2.48 bits per heavy atom. The molecule has 1 saturated heterocycles. The number of likely N-dealkylation sites (tertiary alicyclic amines) is 1. The number of sulfonamides is 1. The summed E-state index contributed by atoms with van der Waals surface area (Å²) in [7, 11) is -3.77. The van der Waals surface area contributed by atoms with E-state index in [2.05, 4.69) is 34.8 Å². The Balaban J connectivity index is 1.35. The van der Waals surface area contributed by atoms with Gasteiger partial charge in [0, 0.05) is 36.1 Å². The molecular formula is C25H28ClN3O3S. The van der Waals surface area contributed by atoms with Gasteiger partial charge >= 0.3 is 0 Å². The van der Waals surface area contributed by atoms with E-state index in [4.69, 9.17) is 11.6 Å². The van der Waals surface area contributed by atoms with E-state index in [9.17, 15) is 13.2 Å². The quantitative estimate of drug-likeness (QED) is 0.688. The summed E-state index contributed by atoms with van der Waals surface area (Å²) in [5.74, 6) is 0.480. The molecular weight excluding hydrogens is 458 g/mol. The number of aryl methyl sites for hydroxylation is 1. The van der Waals surface area contributed by atoms with E-state index < -0.39 is 10.0 Å². The summed E-state index contributed by atoms with van der Waals surface area (Å²) in [6.07, 6.45) is 2.14. The molecule has 8 heteroatoms. The van der Waals surface area contributed by atoms with Gasteiger partial charge in [0.2, 0.25) is 5.91 Å². The Kier molecular flexibility index (Phi) is 6.91. The van der Waals surface area contributed by atoms with Gasteiger partial charge in [-0.25, -0.2) is 0 Å². The van der Waals surface area contributed by atoms with Crippen LogP contribution in [-0.4, -0.2) is 44.7 Å². The van der Waals surface area contributed by atoms with Crippen LogP contribution < -0.4 is 5.32 Å². The standard InChI is InChI=1S/C25H28ClN3O3S/c1-17-4-3-5-19(16-17)10-13-27-25(30)21-11-14-29(15-12-21)24-18(2)23(33(31,32)28-24)20-6-8-22(26)9-7-20/h3-9,16,21H,10-15H2,1-2H3,(H,27,30). The van der Waals surface area contributed by atoms with Crippen LogP contribution in [-0.2, 0) is 21.2 Å². The molecule has 0 saturated carbocycles. The van der Waals surface area contributed by atoms with Gasteiger partial charge < -0.3 is 10.2 Å². The van der Waals surface area contributed by atoms with Crippen molar-refractivity contribution in [2.75, 3.05) is 19.6 Å². The minimum Gasteiger partial charge on any atom is -0.356 e. The van der Waals surface area contributed by atoms with Crippen LogP contribution in [0.3, 0.4) is 0 Å². The van der Waals surface area contributed by atoms with Crippen LogP contribution in [0.25, 0.3) is 4.91 Å². The third-order valence-corrected chi connectivity index (χ3v) is 7.93. The third kappa shape index (κ3) is 5.31. The van der Waals surface area contributed by atoms with Crippen LogP contribution in [0.1, 0.15) is 36.5 Å². The molecule has 1 N–H and O–H groups in total. The first-order valence-corrected chi connectivity index (χ1v) is 13.0. The monoisotopic (exact) mass is 485 g/mol. The maximum Gasteiger partial charge on any atom is 0.285 e. The molecule has 2 aliphatic rings. The van der Waals surface area contributed by atoms with E-state index in [0.717, 1.165) is 6.42 Å². The van der Waals surface area contributed by atoms with Gasteiger partial charge in [0.05, 0.1) is 0 Å². The average molecular weight is 486 g/mol. The number of hydrogen-bond acceptors (Lipinski definition) is 4. The zero-order valence-electron chi connectivity index (χ0n) is 18.8. The fourth-order valence-electron chi connectivity index (χ4n) is 4.48. The molecule has 2 aliphatic heterocycles. The molecule has 0 unspecified atom stereocenters. The summed E-state index contributed by atoms with van der Waals surface area (Å²) < 4.78 is 29.6. The Hall–Kier alpha value is -2.64. The third-order valence-electron chi connectivity index (χ3n) is 6.21.